The Morgan fingerprint density at radius 2 is 1.89 bits per heavy atom. The molecule has 0 radical (unpaired) electrons. The monoisotopic (exact) mass is 277 g/mol. The summed E-state index contributed by atoms with van der Waals surface area (Å²) in [6.45, 7) is 3.65. The SMILES string of the molecule is CC(N)CCC(=O)NCC(=O)N1CCCCC1.Cl. The molecule has 0 spiro atoms. The highest BCUT2D eigenvalue weighted by Gasteiger charge is 2.16. The van der Waals surface area contributed by atoms with Crippen LogP contribution in [0.5, 0.6) is 0 Å². The maximum Gasteiger partial charge on any atom is 0.241 e. The lowest BCUT2D eigenvalue weighted by Gasteiger charge is -2.26. The summed E-state index contributed by atoms with van der Waals surface area (Å²) in [4.78, 5) is 25.0. The lowest BCUT2D eigenvalue weighted by Crippen LogP contribution is -2.42. The van der Waals surface area contributed by atoms with Crippen LogP contribution in [0.25, 0.3) is 0 Å². The van der Waals surface area contributed by atoms with Gasteiger partial charge in [-0.1, -0.05) is 0 Å². The smallest absolute Gasteiger partial charge is 0.241 e. The van der Waals surface area contributed by atoms with Crippen molar-refractivity contribution in [2.75, 3.05) is 19.6 Å². The summed E-state index contributed by atoms with van der Waals surface area (Å²) in [6, 6.07) is 0.0264. The second-order valence-corrected chi connectivity index (χ2v) is 4.73. The third kappa shape index (κ3) is 6.81. The van der Waals surface area contributed by atoms with Gasteiger partial charge in [0.1, 0.15) is 0 Å². The molecular formula is C12H24ClN3O2. The van der Waals surface area contributed by atoms with Gasteiger partial charge in [-0.2, -0.15) is 0 Å². The second kappa shape index (κ2) is 9.16. The molecule has 1 aliphatic heterocycles. The average Bonchev–Trinajstić information content (AvgIpc) is 2.34. The Balaban J connectivity index is 0.00000289. The Bertz CT molecular complexity index is 266. The maximum absolute atomic E-state index is 11.7. The number of nitrogens with one attached hydrogen (secondary N) is 1. The van der Waals surface area contributed by atoms with Crippen molar-refractivity contribution in [3.8, 4) is 0 Å². The summed E-state index contributed by atoms with van der Waals surface area (Å²) in [5, 5.41) is 2.65. The number of piperidine rings is 1. The molecule has 1 heterocycles. The molecule has 6 heteroatoms. The number of halogens is 1. The molecular weight excluding hydrogens is 254 g/mol. The molecule has 3 N–H and O–H groups in total. The standard InChI is InChI=1S/C12H23N3O2.ClH/c1-10(13)5-6-11(16)14-9-12(17)15-7-3-2-4-8-15;/h10H,2-9,13H2,1H3,(H,14,16);1H. The van der Waals surface area contributed by atoms with E-state index in [4.69, 9.17) is 5.73 Å². The minimum Gasteiger partial charge on any atom is -0.347 e. The van der Waals surface area contributed by atoms with E-state index in [9.17, 15) is 9.59 Å². The fraction of sp³-hybridized carbons (Fsp3) is 0.833. The molecule has 106 valence electrons. The summed E-state index contributed by atoms with van der Waals surface area (Å²) in [6.07, 6.45) is 4.40. The van der Waals surface area contributed by atoms with E-state index >= 15 is 0 Å². The molecule has 0 aromatic carbocycles. The molecule has 1 saturated heterocycles. The number of nitrogens with two attached hydrogens (primary N) is 1. The van der Waals surface area contributed by atoms with Crippen LogP contribution in [0.3, 0.4) is 0 Å². The van der Waals surface area contributed by atoms with Crippen LogP contribution in [0.2, 0.25) is 0 Å². The molecule has 1 unspecified atom stereocenters. The lowest BCUT2D eigenvalue weighted by molar-refractivity contribution is -0.133. The van der Waals surface area contributed by atoms with Crippen molar-refractivity contribution in [3.05, 3.63) is 0 Å². The lowest BCUT2D eigenvalue weighted by atomic mass is 10.1. The van der Waals surface area contributed by atoms with E-state index in [0.29, 0.717) is 12.8 Å². The maximum atomic E-state index is 11.7. The summed E-state index contributed by atoms with van der Waals surface area (Å²) in [5.41, 5.74) is 5.56. The molecule has 18 heavy (non-hydrogen) atoms. The molecule has 0 bridgehead atoms. The first-order valence-electron chi connectivity index (χ1n) is 6.39. The van der Waals surface area contributed by atoms with Gasteiger partial charge >= 0.3 is 0 Å². The molecule has 0 aromatic rings. The highest BCUT2D eigenvalue weighted by Crippen LogP contribution is 2.08. The van der Waals surface area contributed by atoms with Gasteiger partial charge in [0.15, 0.2) is 0 Å². The van der Waals surface area contributed by atoms with Crippen molar-refractivity contribution >= 4 is 24.2 Å². The molecule has 1 fully saturated rings. The molecule has 1 rings (SSSR count). The predicted molar refractivity (Wildman–Crippen MR) is 73.6 cm³/mol. The van der Waals surface area contributed by atoms with Crippen LogP contribution in [0, 0.1) is 0 Å². The van der Waals surface area contributed by atoms with Crippen LogP contribution in [0.4, 0.5) is 0 Å². The van der Waals surface area contributed by atoms with E-state index in [1.54, 1.807) is 0 Å². The van der Waals surface area contributed by atoms with E-state index in [-0.39, 0.29) is 36.8 Å². The number of hydrogen-bond acceptors (Lipinski definition) is 3. The van der Waals surface area contributed by atoms with Crippen molar-refractivity contribution in [3.63, 3.8) is 0 Å². The first kappa shape index (κ1) is 17.2. The average molecular weight is 278 g/mol. The molecule has 5 nitrogen and oxygen atoms in total. The van der Waals surface area contributed by atoms with Crippen molar-refractivity contribution in [2.45, 2.75) is 45.1 Å². The topological polar surface area (TPSA) is 75.4 Å². The van der Waals surface area contributed by atoms with Crippen molar-refractivity contribution in [1.82, 2.24) is 10.2 Å². The Morgan fingerprint density at radius 1 is 1.28 bits per heavy atom. The number of carbonyl (C=O) groups excluding carboxylic acids is 2. The van der Waals surface area contributed by atoms with Gasteiger partial charge < -0.3 is 16.0 Å². The Kier molecular flexibility index (Phi) is 8.75. The zero-order valence-electron chi connectivity index (χ0n) is 11.0. The molecule has 1 aliphatic rings. The Morgan fingerprint density at radius 3 is 2.44 bits per heavy atom. The van der Waals surface area contributed by atoms with Crippen LogP contribution in [0.1, 0.15) is 39.0 Å². The molecule has 1 atom stereocenters. The Labute approximate surface area is 115 Å². The van der Waals surface area contributed by atoms with Crippen molar-refractivity contribution < 1.29 is 9.59 Å². The number of likely N-dealkylation sites (tertiary alicyclic amines) is 1. The van der Waals surface area contributed by atoms with Gasteiger partial charge in [0.25, 0.3) is 0 Å². The minimum absolute atomic E-state index is 0. The number of rotatable bonds is 5. The van der Waals surface area contributed by atoms with Crippen LogP contribution < -0.4 is 11.1 Å². The number of nitrogens with zero attached hydrogens (tertiary/aromatic N) is 1. The molecule has 2 amide bonds. The highest BCUT2D eigenvalue weighted by molar-refractivity contribution is 5.85. The van der Waals surface area contributed by atoms with E-state index < -0.39 is 0 Å². The van der Waals surface area contributed by atoms with Gasteiger partial charge in [0.05, 0.1) is 6.54 Å². The van der Waals surface area contributed by atoms with Gasteiger partial charge in [-0.3, -0.25) is 9.59 Å². The largest absolute Gasteiger partial charge is 0.347 e. The van der Waals surface area contributed by atoms with Crippen LogP contribution >= 0.6 is 12.4 Å². The summed E-state index contributed by atoms with van der Waals surface area (Å²) in [5.74, 6) is -0.0634. The summed E-state index contributed by atoms with van der Waals surface area (Å²) >= 11 is 0. The zero-order chi connectivity index (χ0) is 12.7. The third-order valence-corrected chi connectivity index (χ3v) is 2.97. The fourth-order valence-electron chi connectivity index (χ4n) is 1.88. The Hall–Kier alpha value is -0.810. The van der Waals surface area contributed by atoms with E-state index in [1.807, 2.05) is 11.8 Å². The van der Waals surface area contributed by atoms with E-state index in [0.717, 1.165) is 25.9 Å². The van der Waals surface area contributed by atoms with Crippen LogP contribution in [-0.2, 0) is 9.59 Å². The molecule has 0 aliphatic carbocycles. The first-order chi connectivity index (χ1) is 8.09. The quantitative estimate of drug-likeness (QED) is 0.775. The minimum atomic E-state index is -0.0901. The van der Waals surface area contributed by atoms with E-state index in [2.05, 4.69) is 5.32 Å². The summed E-state index contributed by atoms with van der Waals surface area (Å²) < 4.78 is 0. The van der Waals surface area contributed by atoms with Gasteiger partial charge in [-0.25, -0.2) is 0 Å². The van der Waals surface area contributed by atoms with Crippen LogP contribution in [-0.4, -0.2) is 42.4 Å². The van der Waals surface area contributed by atoms with Crippen LogP contribution in [0.15, 0.2) is 0 Å². The van der Waals surface area contributed by atoms with Gasteiger partial charge in [-0.15, -0.1) is 12.4 Å². The third-order valence-electron chi connectivity index (χ3n) is 2.97. The summed E-state index contributed by atoms with van der Waals surface area (Å²) in [7, 11) is 0. The normalized spacial score (nSPS) is 16.7. The highest BCUT2D eigenvalue weighted by atomic mass is 35.5. The number of hydrogen-bond donors (Lipinski definition) is 2. The number of carbonyl (C=O) groups is 2. The van der Waals surface area contributed by atoms with Gasteiger partial charge in [0, 0.05) is 25.6 Å². The molecule has 0 aromatic heterocycles. The first-order valence-corrected chi connectivity index (χ1v) is 6.39. The van der Waals surface area contributed by atoms with Crippen molar-refractivity contribution in [1.29, 1.82) is 0 Å². The predicted octanol–water partition coefficient (Wildman–Crippen LogP) is 0.664. The van der Waals surface area contributed by atoms with E-state index in [1.165, 1.54) is 6.42 Å². The van der Waals surface area contributed by atoms with Gasteiger partial charge in [0.2, 0.25) is 11.8 Å². The number of amides is 2. The zero-order valence-corrected chi connectivity index (χ0v) is 11.8. The molecule has 0 saturated carbocycles. The fourth-order valence-corrected chi connectivity index (χ4v) is 1.88. The second-order valence-electron chi connectivity index (χ2n) is 4.73. The van der Waals surface area contributed by atoms with Crippen molar-refractivity contribution in [2.24, 2.45) is 5.73 Å². The van der Waals surface area contributed by atoms with Gasteiger partial charge in [-0.05, 0) is 32.6 Å².